The van der Waals surface area contributed by atoms with Gasteiger partial charge in [-0.05, 0) is 35.0 Å². The zero-order chi connectivity index (χ0) is 10.3. The summed E-state index contributed by atoms with van der Waals surface area (Å²) in [7, 11) is 0. The number of aromatic amines is 1. The van der Waals surface area contributed by atoms with Crippen molar-refractivity contribution < 1.29 is 5.11 Å². The van der Waals surface area contributed by atoms with Gasteiger partial charge in [0.05, 0.1) is 16.1 Å². The van der Waals surface area contributed by atoms with Crippen molar-refractivity contribution in [2.45, 2.75) is 13.0 Å². The summed E-state index contributed by atoms with van der Waals surface area (Å²) in [5, 5.41) is 9.95. The second-order valence-corrected chi connectivity index (χ2v) is 4.34. The number of fused-ring (bicyclic) bond motifs is 1. The van der Waals surface area contributed by atoms with E-state index < -0.39 is 6.10 Å². The maximum Gasteiger partial charge on any atom is 0.135 e. The molecule has 0 fully saturated rings. The van der Waals surface area contributed by atoms with Crippen LogP contribution in [-0.4, -0.2) is 15.1 Å². The van der Waals surface area contributed by atoms with E-state index in [2.05, 4.69) is 25.9 Å². The maximum absolute atomic E-state index is 9.32. The van der Waals surface area contributed by atoms with Gasteiger partial charge in [-0.3, -0.25) is 0 Å². The third-order valence-electron chi connectivity index (χ3n) is 1.94. The summed E-state index contributed by atoms with van der Waals surface area (Å²) in [6, 6.07) is 3.60. The predicted molar refractivity (Wildman–Crippen MR) is 59.4 cm³/mol. The van der Waals surface area contributed by atoms with Crippen LogP contribution in [0.3, 0.4) is 0 Å². The fourth-order valence-electron chi connectivity index (χ4n) is 1.22. The lowest BCUT2D eigenvalue weighted by atomic mass is 10.3. The third kappa shape index (κ3) is 1.65. The van der Waals surface area contributed by atoms with Gasteiger partial charge in [-0.15, -0.1) is 0 Å². The summed E-state index contributed by atoms with van der Waals surface area (Å²) in [6.07, 6.45) is -0.597. The van der Waals surface area contributed by atoms with Gasteiger partial charge in [0.15, 0.2) is 0 Å². The lowest BCUT2D eigenvalue weighted by Gasteiger charge is -1.95. The highest BCUT2D eigenvalue weighted by molar-refractivity contribution is 9.10. The highest BCUT2D eigenvalue weighted by Crippen LogP contribution is 2.27. The number of aromatic nitrogens is 2. The molecule has 1 unspecified atom stereocenters. The van der Waals surface area contributed by atoms with Crippen LogP contribution in [0.5, 0.6) is 0 Å². The van der Waals surface area contributed by atoms with Crippen LogP contribution < -0.4 is 0 Å². The normalized spacial score (nSPS) is 13.4. The Labute approximate surface area is 94.2 Å². The Hall–Kier alpha value is -0.580. The van der Waals surface area contributed by atoms with Gasteiger partial charge in [-0.1, -0.05) is 11.6 Å². The number of nitrogens with zero attached hydrogens (tertiary/aromatic N) is 1. The van der Waals surface area contributed by atoms with Gasteiger partial charge >= 0.3 is 0 Å². The van der Waals surface area contributed by atoms with Crippen LogP contribution in [0.15, 0.2) is 16.6 Å². The summed E-state index contributed by atoms with van der Waals surface area (Å²) >= 11 is 9.23. The maximum atomic E-state index is 9.32. The second kappa shape index (κ2) is 3.53. The van der Waals surface area contributed by atoms with E-state index in [1.54, 1.807) is 13.0 Å². The van der Waals surface area contributed by atoms with E-state index in [0.717, 1.165) is 15.5 Å². The number of aliphatic hydroxyl groups is 1. The number of rotatable bonds is 1. The van der Waals surface area contributed by atoms with Crippen molar-refractivity contribution in [3.05, 3.63) is 27.5 Å². The van der Waals surface area contributed by atoms with Crippen molar-refractivity contribution in [1.82, 2.24) is 9.97 Å². The summed E-state index contributed by atoms with van der Waals surface area (Å²) in [4.78, 5) is 7.22. The molecule has 0 amide bonds. The number of imidazole rings is 1. The largest absolute Gasteiger partial charge is 0.385 e. The molecule has 0 saturated heterocycles. The molecular formula is C9H8BrClN2O. The van der Waals surface area contributed by atoms with E-state index in [1.807, 2.05) is 6.07 Å². The molecule has 14 heavy (non-hydrogen) atoms. The number of nitrogens with one attached hydrogen (secondary N) is 1. The Morgan fingerprint density at radius 2 is 2.29 bits per heavy atom. The van der Waals surface area contributed by atoms with Crippen LogP contribution in [0, 0.1) is 0 Å². The minimum Gasteiger partial charge on any atom is -0.385 e. The monoisotopic (exact) mass is 274 g/mol. The highest BCUT2D eigenvalue weighted by Gasteiger charge is 2.09. The fourth-order valence-corrected chi connectivity index (χ4v) is 1.72. The van der Waals surface area contributed by atoms with Crippen LogP contribution in [0.1, 0.15) is 18.9 Å². The Kier molecular flexibility index (Phi) is 2.51. The van der Waals surface area contributed by atoms with Gasteiger partial charge in [0.25, 0.3) is 0 Å². The first-order valence-corrected chi connectivity index (χ1v) is 5.28. The predicted octanol–water partition coefficient (Wildman–Crippen LogP) is 3.03. The van der Waals surface area contributed by atoms with Crippen LogP contribution in [-0.2, 0) is 0 Å². The number of hydrogen-bond donors (Lipinski definition) is 2. The van der Waals surface area contributed by atoms with Gasteiger partial charge in [0.1, 0.15) is 11.9 Å². The molecule has 0 spiro atoms. The van der Waals surface area contributed by atoms with Crippen molar-refractivity contribution in [1.29, 1.82) is 0 Å². The molecule has 3 nitrogen and oxygen atoms in total. The Bertz CT molecular complexity index is 442. The first kappa shape index (κ1) is 9.96. The topological polar surface area (TPSA) is 48.9 Å². The van der Waals surface area contributed by atoms with Crippen LogP contribution in [0.4, 0.5) is 0 Å². The van der Waals surface area contributed by atoms with E-state index >= 15 is 0 Å². The minimum atomic E-state index is -0.597. The average molecular weight is 276 g/mol. The van der Waals surface area contributed by atoms with Gasteiger partial charge in [0.2, 0.25) is 0 Å². The minimum absolute atomic E-state index is 0.550. The molecule has 1 aromatic heterocycles. The number of aliphatic hydroxyl groups excluding tert-OH is 1. The molecule has 5 heteroatoms. The summed E-state index contributed by atoms with van der Waals surface area (Å²) in [6.45, 7) is 1.66. The zero-order valence-corrected chi connectivity index (χ0v) is 9.72. The molecule has 74 valence electrons. The first-order valence-electron chi connectivity index (χ1n) is 4.10. The van der Waals surface area contributed by atoms with E-state index in [4.69, 9.17) is 11.6 Å². The molecule has 2 aromatic rings. The first-order chi connectivity index (χ1) is 6.58. The summed E-state index contributed by atoms with van der Waals surface area (Å²) in [5.41, 5.74) is 1.62. The molecule has 0 aliphatic rings. The van der Waals surface area contributed by atoms with Gasteiger partial charge in [0, 0.05) is 4.47 Å². The Morgan fingerprint density at radius 1 is 1.57 bits per heavy atom. The van der Waals surface area contributed by atoms with Gasteiger partial charge < -0.3 is 10.1 Å². The number of hydrogen-bond acceptors (Lipinski definition) is 2. The molecule has 1 atom stereocenters. The van der Waals surface area contributed by atoms with Crippen molar-refractivity contribution in [2.75, 3.05) is 0 Å². The molecule has 2 rings (SSSR count). The molecule has 0 bridgehead atoms. The zero-order valence-electron chi connectivity index (χ0n) is 7.38. The van der Waals surface area contributed by atoms with Crippen LogP contribution >= 0.6 is 27.5 Å². The molecule has 0 aliphatic heterocycles. The molecule has 1 heterocycles. The number of H-pyrrole nitrogens is 1. The van der Waals surface area contributed by atoms with E-state index in [-0.39, 0.29) is 0 Å². The Balaban J connectivity index is 2.66. The summed E-state index contributed by atoms with van der Waals surface area (Å²) < 4.78 is 0.801. The standard InChI is InChI=1S/C9H8BrClN2O/c1-4(14)9-12-7-2-5(10)6(11)3-8(7)13-9/h2-4,14H,1H3,(H,12,13). The number of halogens is 2. The molecule has 1 aromatic carbocycles. The van der Waals surface area contributed by atoms with Crippen LogP contribution in [0.2, 0.25) is 5.02 Å². The van der Waals surface area contributed by atoms with Gasteiger partial charge in [-0.25, -0.2) is 4.98 Å². The molecule has 2 N–H and O–H groups in total. The molecule has 0 saturated carbocycles. The lowest BCUT2D eigenvalue weighted by Crippen LogP contribution is -1.92. The van der Waals surface area contributed by atoms with E-state index in [9.17, 15) is 5.11 Å². The second-order valence-electron chi connectivity index (χ2n) is 3.08. The van der Waals surface area contributed by atoms with E-state index in [0.29, 0.717) is 10.8 Å². The highest BCUT2D eigenvalue weighted by atomic mass is 79.9. The molecular weight excluding hydrogens is 267 g/mol. The SMILES string of the molecule is CC(O)c1nc2cc(Br)c(Cl)cc2[nH]1. The fraction of sp³-hybridized carbons (Fsp3) is 0.222. The van der Waals surface area contributed by atoms with E-state index in [1.165, 1.54) is 0 Å². The van der Waals surface area contributed by atoms with Gasteiger partial charge in [-0.2, -0.15) is 0 Å². The Morgan fingerprint density at radius 3 is 2.93 bits per heavy atom. The smallest absolute Gasteiger partial charge is 0.135 e. The van der Waals surface area contributed by atoms with Crippen molar-refractivity contribution in [3.8, 4) is 0 Å². The summed E-state index contributed by atoms with van der Waals surface area (Å²) in [5.74, 6) is 0.550. The quantitative estimate of drug-likeness (QED) is 0.840. The van der Waals surface area contributed by atoms with Crippen molar-refractivity contribution in [2.24, 2.45) is 0 Å². The third-order valence-corrected chi connectivity index (χ3v) is 3.14. The van der Waals surface area contributed by atoms with Crippen molar-refractivity contribution in [3.63, 3.8) is 0 Å². The lowest BCUT2D eigenvalue weighted by molar-refractivity contribution is 0.190. The van der Waals surface area contributed by atoms with Crippen LogP contribution in [0.25, 0.3) is 11.0 Å². The molecule has 0 aliphatic carbocycles. The average Bonchev–Trinajstić information content (AvgIpc) is 2.48. The number of benzene rings is 1. The van der Waals surface area contributed by atoms with Crippen molar-refractivity contribution >= 4 is 38.6 Å². The molecule has 0 radical (unpaired) electrons.